The van der Waals surface area contributed by atoms with E-state index in [0.29, 0.717) is 5.41 Å². The lowest BCUT2D eigenvalue weighted by molar-refractivity contribution is 0.431. The Morgan fingerprint density at radius 2 is 2.00 bits per heavy atom. The predicted octanol–water partition coefficient (Wildman–Crippen LogP) is 3.13. The van der Waals surface area contributed by atoms with E-state index in [1.165, 1.54) is 30.6 Å². The normalized spacial score (nSPS) is 20.1. The molecule has 2 aliphatic carbocycles. The van der Waals surface area contributed by atoms with E-state index in [0.717, 1.165) is 30.7 Å². The van der Waals surface area contributed by atoms with Gasteiger partial charge in [-0.2, -0.15) is 0 Å². The minimum absolute atomic E-state index is 0.621. The van der Waals surface area contributed by atoms with Gasteiger partial charge in [-0.25, -0.2) is 0 Å². The molecule has 1 aromatic carbocycles. The molecule has 2 N–H and O–H groups in total. The van der Waals surface area contributed by atoms with Gasteiger partial charge in [0.2, 0.25) is 0 Å². The van der Waals surface area contributed by atoms with Gasteiger partial charge in [-0.05, 0) is 49.1 Å². The molecule has 3 nitrogen and oxygen atoms in total. The van der Waals surface area contributed by atoms with E-state index in [2.05, 4.69) is 46.0 Å². The molecule has 0 bridgehead atoms. The van der Waals surface area contributed by atoms with Crippen LogP contribution in [0, 0.1) is 11.3 Å². The quantitative estimate of drug-likeness (QED) is 0.352. The van der Waals surface area contributed by atoms with Gasteiger partial charge in [0, 0.05) is 30.8 Å². The van der Waals surface area contributed by atoms with Gasteiger partial charge in [0.25, 0.3) is 0 Å². The molecule has 2 saturated carbocycles. The third kappa shape index (κ3) is 4.16. The second-order valence-corrected chi connectivity index (χ2v) is 7.32. The second-order valence-electron chi connectivity index (χ2n) is 6.15. The van der Waals surface area contributed by atoms with Crippen LogP contribution in [0.2, 0.25) is 0 Å². The minimum Gasteiger partial charge on any atom is -0.356 e. The highest BCUT2D eigenvalue weighted by molar-refractivity contribution is 7.99. The Kier molecular flexibility index (Phi) is 4.73. The Balaban J connectivity index is 1.33. The SMILES string of the molecule is CN=C(NCCSc1ccccc1)NCC1(C2CC2)CC1. The van der Waals surface area contributed by atoms with E-state index in [9.17, 15) is 0 Å². The molecule has 0 atom stereocenters. The molecular weight excluding hydrogens is 278 g/mol. The van der Waals surface area contributed by atoms with Crippen LogP contribution in [0.5, 0.6) is 0 Å². The fraction of sp³-hybridized carbons (Fsp3) is 0.588. The van der Waals surface area contributed by atoms with Gasteiger partial charge in [-0.3, -0.25) is 4.99 Å². The smallest absolute Gasteiger partial charge is 0.191 e. The zero-order valence-electron chi connectivity index (χ0n) is 12.8. The number of nitrogens with one attached hydrogen (secondary N) is 2. The summed E-state index contributed by atoms with van der Waals surface area (Å²) in [7, 11) is 1.86. The van der Waals surface area contributed by atoms with Crippen molar-refractivity contribution in [1.29, 1.82) is 0 Å². The highest BCUT2D eigenvalue weighted by Crippen LogP contribution is 2.60. The van der Waals surface area contributed by atoms with E-state index in [4.69, 9.17) is 0 Å². The lowest BCUT2D eigenvalue weighted by atomic mass is 10.0. The number of hydrogen-bond donors (Lipinski definition) is 2. The summed E-state index contributed by atoms with van der Waals surface area (Å²) >= 11 is 1.88. The summed E-state index contributed by atoms with van der Waals surface area (Å²) in [5.74, 6) is 3.01. The van der Waals surface area contributed by atoms with Crippen molar-refractivity contribution in [2.24, 2.45) is 16.3 Å². The number of rotatable bonds is 7. The molecule has 0 heterocycles. The number of nitrogens with zero attached hydrogens (tertiary/aromatic N) is 1. The lowest BCUT2D eigenvalue weighted by Gasteiger charge is -2.18. The van der Waals surface area contributed by atoms with Crippen LogP contribution < -0.4 is 10.6 Å². The highest BCUT2D eigenvalue weighted by Gasteiger charge is 2.53. The molecule has 1 aromatic rings. The van der Waals surface area contributed by atoms with Gasteiger partial charge in [-0.15, -0.1) is 11.8 Å². The Bertz CT molecular complexity index is 478. The fourth-order valence-corrected chi connectivity index (χ4v) is 3.71. The Morgan fingerprint density at radius 1 is 1.24 bits per heavy atom. The standard InChI is InChI=1S/C17H25N3S/c1-18-16(20-13-17(9-10-17)14-7-8-14)19-11-12-21-15-5-3-2-4-6-15/h2-6,14H,7-13H2,1H3,(H2,18,19,20). The third-order valence-electron chi connectivity index (χ3n) is 4.57. The summed E-state index contributed by atoms with van der Waals surface area (Å²) in [4.78, 5) is 5.66. The topological polar surface area (TPSA) is 36.4 Å². The van der Waals surface area contributed by atoms with E-state index in [-0.39, 0.29) is 0 Å². The van der Waals surface area contributed by atoms with Crippen LogP contribution in [0.3, 0.4) is 0 Å². The van der Waals surface area contributed by atoms with E-state index >= 15 is 0 Å². The number of aliphatic imine (C=N–C) groups is 1. The number of guanidine groups is 1. The molecule has 3 rings (SSSR count). The molecule has 0 amide bonds. The van der Waals surface area contributed by atoms with Gasteiger partial charge in [-0.1, -0.05) is 18.2 Å². The first-order chi connectivity index (χ1) is 10.3. The largest absolute Gasteiger partial charge is 0.356 e. The van der Waals surface area contributed by atoms with Crippen LogP contribution in [0.4, 0.5) is 0 Å². The van der Waals surface area contributed by atoms with Crippen molar-refractivity contribution in [2.45, 2.75) is 30.6 Å². The van der Waals surface area contributed by atoms with Crippen LogP contribution >= 0.6 is 11.8 Å². The van der Waals surface area contributed by atoms with Crippen molar-refractivity contribution in [3.05, 3.63) is 30.3 Å². The maximum absolute atomic E-state index is 4.33. The van der Waals surface area contributed by atoms with Crippen LogP contribution in [0.15, 0.2) is 40.2 Å². The Labute approximate surface area is 132 Å². The van der Waals surface area contributed by atoms with Crippen LogP contribution in [0.1, 0.15) is 25.7 Å². The maximum Gasteiger partial charge on any atom is 0.191 e. The molecule has 114 valence electrons. The predicted molar refractivity (Wildman–Crippen MR) is 90.9 cm³/mol. The summed E-state index contributed by atoms with van der Waals surface area (Å²) < 4.78 is 0. The molecular formula is C17H25N3S. The van der Waals surface area contributed by atoms with Crippen molar-refractivity contribution in [2.75, 3.05) is 25.9 Å². The minimum atomic E-state index is 0.621. The summed E-state index contributed by atoms with van der Waals surface area (Å²) in [5.41, 5.74) is 0.621. The third-order valence-corrected chi connectivity index (χ3v) is 5.59. The number of benzene rings is 1. The fourth-order valence-electron chi connectivity index (χ4n) is 2.92. The molecule has 0 aliphatic heterocycles. The van der Waals surface area contributed by atoms with Gasteiger partial charge < -0.3 is 10.6 Å². The zero-order chi connectivity index (χ0) is 14.5. The Morgan fingerprint density at radius 3 is 2.62 bits per heavy atom. The number of thioether (sulfide) groups is 1. The molecule has 2 aliphatic rings. The van der Waals surface area contributed by atoms with Crippen molar-refractivity contribution in [1.82, 2.24) is 10.6 Å². The van der Waals surface area contributed by atoms with Crippen molar-refractivity contribution in [3.8, 4) is 0 Å². The first-order valence-corrected chi connectivity index (χ1v) is 8.93. The molecule has 4 heteroatoms. The molecule has 0 unspecified atom stereocenters. The van der Waals surface area contributed by atoms with Crippen molar-refractivity contribution in [3.63, 3.8) is 0 Å². The van der Waals surface area contributed by atoms with E-state index in [1.807, 2.05) is 18.8 Å². The van der Waals surface area contributed by atoms with Gasteiger partial charge in [0.1, 0.15) is 0 Å². The van der Waals surface area contributed by atoms with Crippen molar-refractivity contribution < 1.29 is 0 Å². The van der Waals surface area contributed by atoms with Gasteiger partial charge in [0.05, 0.1) is 0 Å². The molecule has 0 radical (unpaired) electrons. The Hall–Kier alpha value is -1.16. The van der Waals surface area contributed by atoms with E-state index in [1.54, 1.807) is 0 Å². The summed E-state index contributed by atoms with van der Waals surface area (Å²) in [6.45, 7) is 2.04. The molecule has 0 aromatic heterocycles. The van der Waals surface area contributed by atoms with E-state index < -0.39 is 0 Å². The summed E-state index contributed by atoms with van der Waals surface area (Å²) in [6.07, 6.45) is 5.71. The number of hydrogen-bond acceptors (Lipinski definition) is 2. The second kappa shape index (κ2) is 6.73. The van der Waals surface area contributed by atoms with Crippen molar-refractivity contribution >= 4 is 17.7 Å². The molecule has 2 fully saturated rings. The summed E-state index contributed by atoms with van der Waals surface area (Å²) in [6, 6.07) is 10.5. The first kappa shape index (κ1) is 14.8. The zero-order valence-corrected chi connectivity index (χ0v) is 13.6. The first-order valence-electron chi connectivity index (χ1n) is 7.95. The average Bonchev–Trinajstić information content (AvgIpc) is 3.39. The van der Waals surface area contributed by atoms with Crippen LogP contribution in [-0.2, 0) is 0 Å². The molecule has 21 heavy (non-hydrogen) atoms. The van der Waals surface area contributed by atoms with Crippen LogP contribution in [-0.4, -0.2) is 31.8 Å². The lowest BCUT2D eigenvalue weighted by Crippen LogP contribution is -2.41. The van der Waals surface area contributed by atoms with Gasteiger partial charge in [0.15, 0.2) is 5.96 Å². The van der Waals surface area contributed by atoms with Gasteiger partial charge >= 0.3 is 0 Å². The molecule has 0 saturated heterocycles. The summed E-state index contributed by atoms with van der Waals surface area (Å²) in [5, 5.41) is 6.94. The average molecular weight is 303 g/mol. The molecule has 0 spiro atoms. The highest BCUT2D eigenvalue weighted by atomic mass is 32.2. The van der Waals surface area contributed by atoms with Crippen LogP contribution in [0.25, 0.3) is 0 Å². The monoisotopic (exact) mass is 303 g/mol. The maximum atomic E-state index is 4.33.